The van der Waals surface area contributed by atoms with Gasteiger partial charge in [0.25, 0.3) is 0 Å². The second-order valence-electron chi connectivity index (χ2n) is 14.3. The number of rotatable bonds is 0. The molecule has 4 heterocycles. The summed E-state index contributed by atoms with van der Waals surface area (Å²) in [7, 11) is 0. The van der Waals surface area contributed by atoms with Crippen molar-refractivity contribution in [3.63, 3.8) is 0 Å². The molecule has 4 aliphatic heterocycles. The minimum absolute atomic E-state index is 0.00763. The Balaban J connectivity index is 1.30. The SMILES string of the molecule is CC1(C)COC(=O)[C@]2(C)C[C@@]3(C)OC(=O)C=C(OCc4ccc(cc4)COC4=CC(=O)O[C@@]5(C)C[C@](C)(C(=O)OC1)[C@@H]45)[C@H]32. The van der Waals surface area contributed by atoms with Gasteiger partial charge in [0.2, 0.25) is 0 Å². The lowest BCUT2D eigenvalue weighted by molar-refractivity contribution is -0.229. The van der Waals surface area contributed by atoms with Gasteiger partial charge in [-0.3, -0.25) is 9.59 Å². The van der Waals surface area contributed by atoms with Gasteiger partial charge in [0.15, 0.2) is 0 Å². The number of esters is 4. The molecule has 43 heavy (non-hydrogen) atoms. The maximum Gasteiger partial charge on any atom is 0.334 e. The van der Waals surface area contributed by atoms with Crippen molar-refractivity contribution >= 4 is 23.9 Å². The van der Waals surface area contributed by atoms with Gasteiger partial charge in [-0.1, -0.05) is 38.1 Å². The zero-order chi connectivity index (χ0) is 31.0. The smallest absolute Gasteiger partial charge is 0.334 e. The molecule has 0 saturated heterocycles. The van der Waals surface area contributed by atoms with Gasteiger partial charge in [0.1, 0.15) is 35.9 Å². The maximum absolute atomic E-state index is 13.5. The zero-order valence-electron chi connectivity index (χ0n) is 25.4. The van der Waals surface area contributed by atoms with E-state index in [1.165, 1.54) is 12.2 Å². The van der Waals surface area contributed by atoms with Crippen LogP contribution in [0.25, 0.3) is 0 Å². The molecule has 6 atom stereocenters. The minimum Gasteiger partial charge on any atom is -0.492 e. The lowest BCUT2D eigenvalue weighted by Crippen LogP contribution is -2.66. The molecule has 0 amide bonds. The van der Waals surface area contributed by atoms with Crippen molar-refractivity contribution in [2.45, 2.75) is 78.8 Å². The highest BCUT2D eigenvalue weighted by atomic mass is 16.6. The van der Waals surface area contributed by atoms with Crippen LogP contribution >= 0.6 is 0 Å². The van der Waals surface area contributed by atoms with E-state index >= 15 is 0 Å². The topological polar surface area (TPSA) is 124 Å². The molecule has 2 fully saturated rings. The number of ether oxygens (including phenoxy) is 6. The van der Waals surface area contributed by atoms with Crippen LogP contribution in [-0.4, -0.2) is 48.3 Å². The van der Waals surface area contributed by atoms with Gasteiger partial charge < -0.3 is 28.4 Å². The van der Waals surface area contributed by atoms with E-state index in [2.05, 4.69) is 0 Å². The van der Waals surface area contributed by atoms with E-state index < -0.39 is 63.2 Å². The van der Waals surface area contributed by atoms with Crippen LogP contribution in [0.15, 0.2) is 47.9 Å². The number of hydrogen-bond donors (Lipinski definition) is 0. The van der Waals surface area contributed by atoms with Crippen LogP contribution in [0.3, 0.4) is 0 Å². The fourth-order valence-corrected chi connectivity index (χ4v) is 7.88. The molecule has 2 aliphatic carbocycles. The Morgan fingerprint density at radius 1 is 0.581 bits per heavy atom. The summed E-state index contributed by atoms with van der Waals surface area (Å²) in [6.07, 6.45) is 3.20. The Labute approximate surface area is 250 Å². The third-order valence-corrected chi connectivity index (χ3v) is 9.64. The Kier molecular flexibility index (Phi) is 6.53. The van der Waals surface area contributed by atoms with Crippen molar-refractivity contribution in [3.05, 3.63) is 59.1 Å². The molecule has 0 radical (unpaired) electrons. The van der Waals surface area contributed by atoms with Crippen LogP contribution in [0.4, 0.5) is 0 Å². The van der Waals surface area contributed by atoms with Crippen LogP contribution < -0.4 is 0 Å². The summed E-state index contributed by atoms with van der Waals surface area (Å²) in [5.41, 5.74) is -2.71. The lowest BCUT2D eigenvalue weighted by atomic mass is 9.51. The van der Waals surface area contributed by atoms with Crippen LogP contribution in [0.5, 0.6) is 0 Å². The molecule has 0 unspecified atom stereocenters. The quantitative estimate of drug-likeness (QED) is 0.317. The predicted octanol–water partition coefficient (Wildman–Crippen LogP) is 4.30. The summed E-state index contributed by atoms with van der Waals surface area (Å²) in [4.78, 5) is 51.9. The van der Waals surface area contributed by atoms with E-state index in [1.54, 1.807) is 27.7 Å². The van der Waals surface area contributed by atoms with Gasteiger partial charge in [0.05, 0.1) is 48.0 Å². The number of carbonyl (C=O) groups excluding carboxylic acids is 4. The highest BCUT2D eigenvalue weighted by molar-refractivity contribution is 5.88. The first-order valence-electron chi connectivity index (χ1n) is 14.6. The first-order chi connectivity index (χ1) is 20.1. The van der Waals surface area contributed by atoms with Crippen molar-refractivity contribution in [1.82, 2.24) is 0 Å². The van der Waals surface area contributed by atoms with Crippen molar-refractivity contribution < 1.29 is 47.6 Å². The average Bonchev–Trinajstić information content (AvgIpc) is 2.90. The van der Waals surface area contributed by atoms with Gasteiger partial charge in [-0.2, -0.15) is 0 Å². The molecule has 2 saturated carbocycles. The Morgan fingerprint density at radius 2 is 0.953 bits per heavy atom. The normalized spacial score (nSPS) is 38.7. The van der Waals surface area contributed by atoms with Crippen LogP contribution in [-0.2, 0) is 60.8 Å². The second-order valence-corrected chi connectivity index (χ2v) is 14.3. The third kappa shape index (κ3) is 4.79. The molecule has 0 aromatic heterocycles. The molecular formula is C33H38O10. The molecule has 10 nitrogen and oxygen atoms in total. The number of benzene rings is 1. The highest BCUT2D eigenvalue weighted by Gasteiger charge is 2.70. The van der Waals surface area contributed by atoms with E-state index in [4.69, 9.17) is 28.4 Å². The Bertz CT molecular complexity index is 1350. The van der Waals surface area contributed by atoms with Gasteiger partial charge in [-0.15, -0.1) is 0 Å². The predicted molar refractivity (Wildman–Crippen MR) is 149 cm³/mol. The van der Waals surface area contributed by atoms with Crippen LogP contribution in [0.2, 0.25) is 0 Å². The molecule has 0 spiro atoms. The number of fused-ring (bicyclic) bond motifs is 10. The van der Waals surface area contributed by atoms with E-state index in [0.29, 0.717) is 24.4 Å². The standard InChI is InChI=1S/C33H38O10/c1-29(2)17-40-27(36)30(3)15-32(5)25(30)21(11-23(34)42-32)38-13-19-7-9-20(10-8-19)14-39-22-12-24(35)43-33(6)16-31(4,26(22)33)28(37)41-18-29/h7-12,25-26H,13-18H2,1-6H3/t25-,26+,30+,31-,32+,33-. The number of carbonyl (C=O) groups is 4. The van der Waals surface area contributed by atoms with Crippen LogP contribution in [0, 0.1) is 28.1 Å². The molecule has 1 aromatic rings. The van der Waals surface area contributed by atoms with Gasteiger partial charge in [0, 0.05) is 18.3 Å². The summed E-state index contributed by atoms with van der Waals surface area (Å²) in [5.74, 6) is -2.14. The van der Waals surface area contributed by atoms with Crippen molar-refractivity contribution in [3.8, 4) is 0 Å². The first kappa shape index (κ1) is 29.3. The Hall–Kier alpha value is -3.82. The molecule has 230 valence electrons. The summed E-state index contributed by atoms with van der Waals surface area (Å²) in [5, 5.41) is 0. The molecule has 0 N–H and O–H groups in total. The number of hydrogen-bond acceptors (Lipinski definition) is 10. The molecule has 10 heteroatoms. The van der Waals surface area contributed by atoms with Gasteiger partial charge in [-0.05, 0) is 38.8 Å². The van der Waals surface area contributed by atoms with E-state index in [9.17, 15) is 19.2 Å². The third-order valence-electron chi connectivity index (χ3n) is 9.64. The monoisotopic (exact) mass is 594 g/mol. The van der Waals surface area contributed by atoms with Crippen molar-refractivity contribution in [2.75, 3.05) is 13.2 Å². The maximum atomic E-state index is 13.5. The molecule has 1 aromatic carbocycles. The molecule has 6 aliphatic rings. The van der Waals surface area contributed by atoms with Gasteiger partial charge >= 0.3 is 23.9 Å². The largest absolute Gasteiger partial charge is 0.492 e. The van der Waals surface area contributed by atoms with Gasteiger partial charge in [-0.25, -0.2) is 9.59 Å². The van der Waals surface area contributed by atoms with Crippen molar-refractivity contribution in [1.29, 1.82) is 0 Å². The fraction of sp³-hybridized carbons (Fsp3) is 0.576. The van der Waals surface area contributed by atoms with E-state index in [0.717, 1.165) is 11.1 Å². The minimum atomic E-state index is -0.973. The second kappa shape index (κ2) is 9.59. The van der Waals surface area contributed by atoms with Crippen LogP contribution in [0.1, 0.15) is 65.5 Å². The zero-order valence-corrected chi connectivity index (χ0v) is 25.4. The summed E-state index contributed by atoms with van der Waals surface area (Å²) in [6.45, 7) is 11.3. The van der Waals surface area contributed by atoms with E-state index in [1.807, 2.05) is 38.1 Å². The first-order valence-corrected chi connectivity index (χ1v) is 14.6. The molecular weight excluding hydrogens is 556 g/mol. The summed E-state index contributed by atoms with van der Waals surface area (Å²) in [6, 6.07) is 7.54. The highest BCUT2D eigenvalue weighted by Crippen LogP contribution is 2.62. The van der Waals surface area contributed by atoms with E-state index in [-0.39, 0.29) is 26.4 Å². The Morgan fingerprint density at radius 3 is 1.33 bits per heavy atom. The summed E-state index contributed by atoms with van der Waals surface area (Å²) >= 11 is 0. The molecule has 7 rings (SSSR count). The summed E-state index contributed by atoms with van der Waals surface area (Å²) < 4.78 is 35.2. The average molecular weight is 595 g/mol. The fourth-order valence-electron chi connectivity index (χ4n) is 7.88. The molecule has 2 bridgehead atoms. The lowest BCUT2D eigenvalue weighted by Gasteiger charge is -2.58. The van der Waals surface area contributed by atoms with Crippen molar-refractivity contribution in [2.24, 2.45) is 28.1 Å².